The van der Waals surface area contributed by atoms with Gasteiger partial charge >= 0.3 is 5.97 Å². The minimum absolute atomic E-state index is 0.158. The van der Waals surface area contributed by atoms with Gasteiger partial charge in [-0.25, -0.2) is 4.79 Å². The number of benzene rings is 2. The van der Waals surface area contributed by atoms with Crippen LogP contribution in [-0.2, 0) is 0 Å². The lowest BCUT2D eigenvalue weighted by atomic mass is 10.1. The molecule has 1 amide bonds. The molecule has 0 fully saturated rings. The zero-order valence-corrected chi connectivity index (χ0v) is 13.7. The summed E-state index contributed by atoms with van der Waals surface area (Å²) in [5.74, 6) is -1.37. The van der Waals surface area contributed by atoms with Gasteiger partial charge in [0, 0.05) is 15.8 Å². The van der Waals surface area contributed by atoms with Gasteiger partial charge in [0.1, 0.15) is 4.88 Å². The molecule has 3 aromatic rings. The number of carbonyl (C=O) groups is 2. The largest absolute Gasteiger partial charge is 0.478 e. The molecule has 6 heteroatoms. The normalized spacial score (nSPS) is 10.7. The van der Waals surface area contributed by atoms with E-state index in [0.29, 0.717) is 21.2 Å². The number of amides is 1. The molecule has 0 unspecified atom stereocenters. The third-order valence-corrected chi connectivity index (χ3v) is 5.23. The van der Waals surface area contributed by atoms with Gasteiger partial charge in [-0.3, -0.25) is 4.79 Å². The van der Waals surface area contributed by atoms with Gasteiger partial charge in [0.05, 0.1) is 10.6 Å². The van der Waals surface area contributed by atoms with E-state index >= 15 is 0 Å². The Bertz CT molecular complexity index is 933. The topological polar surface area (TPSA) is 66.4 Å². The first-order chi connectivity index (χ1) is 11.0. The first-order valence-corrected chi connectivity index (χ1v) is 7.99. The van der Waals surface area contributed by atoms with E-state index in [1.807, 2.05) is 24.3 Å². The number of carboxylic acid groups (broad SMARTS) is 1. The molecule has 0 aliphatic rings. The maximum absolute atomic E-state index is 12.5. The molecular weight excluding hydrogens is 334 g/mol. The number of hydrogen-bond acceptors (Lipinski definition) is 3. The first-order valence-electron chi connectivity index (χ1n) is 6.80. The summed E-state index contributed by atoms with van der Waals surface area (Å²) in [6.45, 7) is 1.66. The molecule has 4 nitrogen and oxygen atoms in total. The van der Waals surface area contributed by atoms with Crippen LogP contribution in [0.3, 0.4) is 0 Å². The Hall–Kier alpha value is -2.37. The molecule has 116 valence electrons. The predicted octanol–water partition coefficient (Wildman–Crippen LogP) is 4.81. The van der Waals surface area contributed by atoms with E-state index in [-0.39, 0.29) is 11.5 Å². The summed E-state index contributed by atoms with van der Waals surface area (Å²) in [5, 5.41) is 13.1. The van der Waals surface area contributed by atoms with E-state index in [0.717, 1.165) is 10.1 Å². The van der Waals surface area contributed by atoms with Gasteiger partial charge in [0.25, 0.3) is 5.91 Å². The molecule has 2 aromatic carbocycles. The van der Waals surface area contributed by atoms with E-state index in [2.05, 4.69) is 5.32 Å². The van der Waals surface area contributed by atoms with E-state index in [1.54, 1.807) is 19.1 Å². The van der Waals surface area contributed by atoms with Crippen molar-refractivity contribution in [3.8, 4) is 0 Å². The lowest BCUT2D eigenvalue weighted by Gasteiger charge is -2.09. The van der Waals surface area contributed by atoms with Crippen molar-refractivity contribution in [2.24, 2.45) is 0 Å². The van der Waals surface area contributed by atoms with Crippen LogP contribution < -0.4 is 5.32 Å². The van der Waals surface area contributed by atoms with E-state index in [9.17, 15) is 9.59 Å². The predicted molar refractivity (Wildman–Crippen MR) is 92.9 cm³/mol. The lowest BCUT2D eigenvalue weighted by molar-refractivity contribution is 0.0695. The molecule has 23 heavy (non-hydrogen) atoms. The lowest BCUT2D eigenvalue weighted by Crippen LogP contribution is -2.13. The quantitative estimate of drug-likeness (QED) is 0.715. The van der Waals surface area contributed by atoms with Crippen LogP contribution in [0, 0.1) is 6.92 Å². The van der Waals surface area contributed by atoms with Crippen molar-refractivity contribution < 1.29 is 14.7 Å². The van der Waals surface area contributed by atoms with Gasteiger partial charge in [0.15, 0.2) is 0 Å². The molecule has 0 saturated heterocycles. The highest BCUT2D eigenvalue weighted by Gasteiger charge is 2.18. The highest BCUT2D eigenvalue weighted by molar-refractivity contribution is 7.21. The molecule has 2 N–H and O–H groups in total. The Balaban J connectivity index is 1.97. The van der Waals surface area contributed by atoms with Gasteiger partial charge in [-0.05, 0) is 30.7 Å². The molecule has 1 aromatic heterocycles. The Kier molecular flexibility index (Phi) is 4.07. The molecule has 1 heterocycles. The highest BCUT2D eigenvalue weighted by atomic mass is 35.5. The van der Waals surface area contributed by atoms with Crippen LogP contribution in [0.15, 0.2) is 42.5 Å². The highest BCUT2D eigenvalue weighted by Crippen LogP contribution is 2.35. The number of aromatic carboxylic acids is 1. The fourth-order valence-corrected chi connectivity index (χ4v) is 3.75. The Labute approximate surface area is 141 Å². The minimum atomic E-state index is -1.03. The van der Waals surface area contributed by atoms with Gasteiger partial charge in [-0.2, -0.15) is 0 Å². The van der Waals surface area contributed by atoms with E-state index in [1.165, 1.54) is 17.4 Å². The summed E-state index contributed by atoms with van der Waals surface area (Å²) in [7, 11) is 0. The zero-order valence-electron chi connectivity index (χ0n) is 12.1. The van der Waals surface area contributed by atoms with Crippen LogP contribution in [0.5, 0.6) is 0 Å². The number of anilines is 1. The van der Waals surface area contributed by atoms with Crippen molar-refractivity contribution in [1.29, 1.82) is 0 Å². The molecule has 3 rings (SSSR count). The summed E-state index contributed by atoms with van der Waals surface area (Å²) >= 11 is 7.60. The maximum atomic E-state index is 12.5. The maximum Gasteiger partial charge on any atom is 0.336 e. The number of rotatable bonds is 3. The van der Waals surface area contributed by atoms with Crippen LogP contribution in [-0.4, -0.2) is 17.0 Å². The van der Waals surface area contributed by atoms with Crippen molar-refractivity contribution in [1.82, 2.24) is 0 Å². The fraction of sp³-hybridized carbons (Fsp3) is 0.0588. The molecule has 0 saturated carbocycles. The zero-order chi connectivity index (χ0) is 16.6. The van der Waals surface area contributed by atoms with Crippen molar-refractivity contribution in [3.63, 3.8) is 0 Å². The number of fused-ring (bicyclic) bond motifs is 1. The number of thiophene rings is 1. The molecule has 0 atom stereocenters. The van der Waals surface area contributed by atoms with Gasteiger partial charge in [0.2, 0.25) is 0 Å². The van der Waals surface area contributed by atoms with E-state index in [4.69, 9.17) is 16.7 Å². The van der Waals surface area contributed by atoms with Gasteiger partial charge < -0.3 is 10.4 Å². The average Bonchev–Trinajstić information content (AvgIpc) is 2.87. The Morgan fingerprint density at radius 3 is 2.57 bits per heavy atom. The van der Waals surface area contributed by atoms with Crippen molar-refractivity contribution in [2.45, 2.75) is 6.92 Å². The summed E-state index contributed by atoms with van der Waals surface area (Å²) < 4.78 is 0.929. The average molecular weight is 346 g/mol. The number of halogens is 1. The number of carbonyl (C=O) groups excluding carboxylic acids is 1. The monoisotopic (exact) mass is 345 g/mol. The van der Waals surface area contributed by atoms with Crippen molar-refractivity contribution >= 4 is 50.6 Å². The van der Waals surface area contributed by atoms with Crippen LogP contribution in [0.2, 0.25) is 5.02 Å². The molecule has 0 spiro atoms. The standard InChI is InChI=1S/C17H12ClNO3S/c1-9-10(17(21)22)6-4-7-12(9)19-16(20)15-14(18)11-5-2-3-8-13(11)23-15/h2-8H,1H3,(H,19,20)(H,21,22). The van der Waals surface area contributed by atoms with Gasteiger partial charge in [-0.1, -0.05) is 35.9 Å². The smallest absolute Gasteiger partial charge is 0.336 e. The van der Waals surface area contributed by atoms with Crippen LogP contribution in [0.1, 0.15) is 25.6 Å². The molecule has 0 aliphatic carbocycles. The Morgan fingerprint density at radius 1 is 1.13 bits per heavy atom. The van der Waals surface area contributed by atoms with Gasteiger partial charge in [-0.15, -0.1) is 11.3 Å². The second kappa shape index (κ2) is 6.02. The summed E-state index contributed by atoms with van der Waals surface area (Å²) in [6.07, 6.45) is 0. The number of carboxylic acids is 1. The first kappa shape index (κ1) is 15.5. The minimum Gasteiger partial charge on any atom is -0.478 e. The van der Waals surface area contributed by atoms with Crippen LogP contribution >= 0.6 is 22.9 Å². The number of nitrogens with one attached hydrogen (secondary N) is 1. The van der Waals surface area contributed by atoms with E-state index < -0.39 is 5.97 Å². The summed E-state index contributed by atoms with van der Waals surface area (Å²) in [4.78, 5) is 24.1. The number of hydrogen-bond donors (Lipinski definition) is 2. The molecule has 0 radical (unpaired) electrons. The summed E-state index contributed by atoms with van der Waals surface area (Å²) in [5.41, 5.74) is 1.12. The van der Waals surface area contributed by atoms with Crippen molar-refractivity contribution in [3.05, 3.63) is 63.5 Å². The van der Waals surface area contributed by atoms with Crippen LogP contribution in [0.4, 0.5) is 5.69 Å². The van der Waals surface area contributed by atoms with Crippen LogP contribution in [0.25, 0.3) is 10.1 Å². The van der Waals surface area contributed by atoms with Crippen molar-refractivity contribution in [2.75, 3.05) is 5.32 Å². The summed E-state index contributed by atoms with van der Waals surface area (Å²) in [6, 6.07) is 12.3. The second-order valence-electron chi connectivity index (χ2n) is 4.98. The SMILES string of the molecule is Cc1c(NC(=O)c2sc3ccccc3c2Cl)cccc1C(=O)O. The fourth-order valence-electron chi connectivity index (χ4n) is 2.34. The molecule has 0 aliphatic heterocycles. The second-order valence-corrected chi connectivity index (χ2v) is 6.41. The third-order valence-electron chi connectivity index (χ3n) is 3.55. The third kappa shape index (κ3) is 2.81. The molecular formula is C17H12ClNO3S. The Morgan fingerprint density at radius 2 is 1.87 bits per heavy atom. The molecule has 0 bridgehead atoms.